The lowest BCUT2D eigenvalue weighted by Crippen LogP contribution is -2.22. The number of hydrogen-bond acceptors (Lipinski definition) is 3. The number of hydrazone groups is 1. The van der Waals surface area contributed by atoms with Crippen LogP contribution in [0.15, 0.2) is 59.7 Å². The van der Waals surface area contributed by atoms with Gasteiger partial charge in [0.1, 0.15) is 0 Å². The highest BCUT2D eigenvalue weighted by molar-refractivity contribution is 6.05. The lowest BCUT2D eigenvalue weighted by Gasteiger charge is -2.06. The van der Waals surface area contributed by atoms with E-state index in [9.17, 15) is 9.59 Å². The van der Waals surface area contributed by atoms with Gasteiger partial charge in [-0.05, 0) is 31.5 Å². The van der Waals surface area contributed by atoms with Crippen molar-refractivity contribution in [2.24, 2.45) is 5.10 Å². The molecule has 5 heteroatoms. The van der Waals surface area contributed by atoms with Gasteiger partial charge in [0.25, 0.3) is 0 Å². The third-order valence-electron chi connectivity index (χ3n) is 3.33. The van der Waals surface area contributed by atoms with Gasteiger partial charge in [0.15, 0.2) is 0 Å². The third kappa shape index (κ3) is 6.04. The Morgan fingerprint density at radius 2 is 1.62 bits per heavy atom. The van der Waals surface area contributed by atoms with Gasteiger partial charge < -0.3 is 5.32 Å². The Morgan fingerprint density at radius 1 is 0.958 bits per heavy atom. The van der Waals surface area contributed by atoms with Gasteiger partial charge in [-0.15, -0.1) is 0 Å². The van der Waals surface area contributed by atoms with Crippen molar-refractivity contribution >= 4 is 23.2 Å². The molecule has 24 heavy (non-hydrogen) atoms. The molecular weight excluding hydrogens is 302 g/mol. The fraction of sp³-hybridized carbons (Fsp3) is 0.211. The number of nitrogens with one attached hydrogen (secondary N) is 2. The van der Waals surface area contributed by atoms with Gasteiger partial charge in [-0.2, -0.15) is 5.10 Å². The summed E-state index contributed by atoms with van der Waals surface area (Å²) < 4.78 is 0. The van der Waals surface area contributed by atoms with E-state index in [2.05, 4.69) is 15.8 Å². The van der Waals surface area contributed by atoms with E-state index >= 15 is 0 Å². The van der Waals surface area contributed by atoms with E-state index in [-0.39, 0.29) is 24.7 Å². The Balaban J connectivity index is 1.79. The predicted octanol–water partition coefficient (Wildman–Crippen LogP) is 3.06. The minimum atomic E-state index is -0.209. The second kappa shape index (κ2) is 8.62. The first kappa shape index (κ1) is 17.4. The molecule has 0 radical (unpaired) electrons. The van der Waals surface area contributed by atoms with E-state index in [4.69, 9.17) is 0 Å². The molecule has 0 spiro atoms. The number of carbonyl (C=O) groups excluding carboxylic acids is 2. The summed E-state index contributed by atoms with van der Waals surface area (Å²) in [5.74, 6) is -0.378. The lowest BCUT2D eigenvalue weighted by atomic mass is 10.1. The van der Waals surface area contributed by atoms with Crippen molar-refractivity contribution in [3.05, 3.63) is 65.7 Å². The summed E-state index contributed by atoms with van der Waals surface area (Å²) in [5.41, 5.74) is 5.81. The summed E-state index contributed by atoms with van der Waals surface area (Å²) in [6.45, 7) is 3.69. The maximum Gasteiger partial charge on any atom is 0.244 e. The van der Waals surface area contributed by atoms with Crippen LogP contribution in [-0.4, -0.2) is 17.5 Å². The van der Waals surface area contributed by atoms with Gasteiger partial charge in [-0.1, -0.05) is 48.0 Å². The van der Waals surface area contributed by atoms with Crippen LogP contribution in [0.4, 0.5) is 5.69 Å². The molecule has 0 bridgehead atoms. The van der Waals surface area contributed by atoms with E-state index in [1.54, 1.807) is 6.92 Å². The summed E-state index contributed by atoms with van der Waals surface area (Å²) in [6.07, 6.45) is 0.382. The molecule has 2 aromatic carbocycles. The molecule has 0 saturated heterocycles. The molecule has 0 aliphatic heterocycles. The Hall–Kier alpha value is -2.95. The number of hydrogen-bond donors (Lipinski definition) is 2. The number of rotatable bonds is 6. The number of nitrogens with zero attached hydrogens (tertiary/aromatic N) is 1. The quantitative estimate of drug-likeness (QED) is 0.633. The van der Waals surface area contributed by atoms with Crippen molar-refractivity contribution < 1.29 is 9.59 Å². The molecule has 0 aliphatic carbocycles. The third-order valence-corrected chi connectivity index (χ3v) is 3.33. The largest absolute Gasteiger partial charge is 0.326 e. The Labute approximate surface area is 141 Å². The van der Waals surface area contributed by atoms with Gasteiger partial charge >= 0.3 is 0 Å². The van der Waals surface area contributed by atoms with Crippen LogP contribution in [0.5, 0.6) is 0 Å². The minimum absolute atomic E-state index is 0.124. The predicted molar refractivity (Wildman–Crippen MR) is 95.8 cm³/mol. The van der Waals surface area contributed by atoms with Crippen LogP contribution in [0, 0.1) is 6.92 Å². The molecule has 0 saturated carbocycles. The average molecular weight is 323 g/mol. The first-order valence-corrected chi connectivity index (χ1v) is 7.75. The van der Waals surface area contributed by atoms with Crippen molar-refractivity contribution in [3.8, 4) is 0 Å². The van der Waals surface area contributed by atoms with Gasteiger partial charge in [0.05, 0.1) is 12.8 Å². The standard InChI is InChI=1S/C19H21N3O2/c1-14-8-10-17(11-9-14)20-18(23)12-15(2)21-22-19(24)13-16-6-4-3-5-7-16/h3-11H,12-13H2,1-2H3,(H,20,23)(H,22,24). The zero-order valence-corrected chi connectivity index (χ0v) is 13.9. The smallest absolute Gasteiger partial charge is 0.244 e. The van der Waals surface area contributed by atoms with E-state index < -0.39 is 0 Å². The van der Waals surface area contributed by atoms with Crippen LogP contribution >= 0.6 is 0 Å². The molecule has 0 atom stereocenters. The van der Waals surface area contributed by atoms with Gasteiger partial charge in [0, 0.05) is 11.4 Å². The summed E-state index contributed by atoms with van der Waals surface area (Å²) in [6, 6.07) is 17.0. The Kier molecular flexibility index (Phi) is 6.25. The average Bonchev–Trinajstić information content (AvgIpc) is 2.56. The number of amides is 2. The number of carbonyl (C=O) groups is 2. The van der Waals surface area contributed by atoms with Gasteiger partial charge in [0.2, 0.25) is 11.8 Å². The SMILES string of the molecule is CC(CC(=O)Nc1ccc(C)cc1)=NNC(=O)Cc1ccccc1. The van der Waals surface area contributed by atoms with Crippen molar-refractivity contribution in [2.75, 3.05) is 5.32 Å². The van der Waals surface area contributed by atoms with Crippen LogP contribution in [0.1, 0.15) is 24.5 Å². The van der Waals surface area contributed by atoms with Crippen LogP contribution in [0.25, 0.3) is 0 Å². The zero-order chi connectivity index (χ0) is 17.4. The Bertz CT molecular complexity index is 722. The highest BCUT2D eigenvalue weighted by atomic mass is 16.2. The fourth-order valence-corrected chi connectivity index (χ4v) is 2.09. The molecule has 5 nitrogen and oxygen atoms in total. The normalized spacial score (nSPS) is 11.0. The molecule has 2 rings (SSSR count). The first-order valence-electron chi connectivity index (χ1n) is 7.75. The second-order valence-corrected chi connectivity index (χ2v) is 5.64. The highest BCUT2D eigenvalue weighted by Crippen LogP contribution is 2.09. The molecule has 2 N–H and O–H groups in total. The van der Waals surface area contributed by atoms with Crippen LogP contribution in [0.3, 0.4) is 0 Å². The maximum atomic E-state index is 11.9. The monoisotopic (exact) mass is 323 g/mol. The minimum Gasteiger partial charge on any atom is -0.326 e. The molecule has 0 heterocycles. The van der Waals surface area contributed by atoms with E-state index in [1.807, 2.05) is 61.5 Å². The van der Waals surface area contributed by atoms with Crippen LogP contribution < -0.4 is 10.7 Å². The van der Waals surface area contributed by atoms with Crippen molar-refractivity contribution in [2.45, 2.75) is 26.7 Å². The lowest BCUT2D eigenvalue weighted by molar-refractivity contribution is -0.120. The Morgan fingerprint density at radius 3 is 2.29 bits per heavy atom. The highest BCUT2D eigenvalue weighted by Gasteiger charge is 2.06. The first-order chi connectivity index (χ1) is 11.5. The van der Waals surface area contributed by atoms with Gasteiger partial charge in [-0.3, -0.25) is 9.59 Å². The number of benzene rings is 2. The van der Waals surface area contributed by atoms with Crippen LogP contribution in [0.2, 0.25) is 0 Å². The number of aryl methyl sites for hydroxylation is 1. The molecule has 0 aromatic heterocycles. The van der Waals surface area contributed by atoms with E-state index in [0.29, 0.717) is 5.71 Å². The molecule has 0 unspecified atom stereocenters. The van der Waals surface area contributed by atoms with Crippen LogP contribution in [-0.2, 0) is 16.0 Å². The molecule has 2 aromatic rings. The molecule has 0 aliphatic rings. The van der Waals surface area contributed by atoms with Crippen molar-refractivity contribution in [1.82, 2.24) is 5.43 Å². The fourth-order valence-electron chi connectivity index (χ4n) is 2.09. The molecule has 0 fully saturated rings. The molecule has 124 valence electrons. The van der Waals surface area contributed by atoms with E-state index in [0.717, 1.165) is 16.8 Å². The summed E-state index contributed by atoms with van der Waals surface area (Å²) in [4.78, 5) is 23.7. The second-order valence-electron chi connectivity index (χ2n) is 5.64. The summed E-state index contributed by atoms with van der Waals surface area (Å²) in [5, 5.41) is 6.77. The van der Waals surface area contributed by atoms with Crippen molar-refractivity contribution in [3.63, 3.8) is 0 Å². The molecular formula is C19H21N3O2. The summed E-state index contributed by atoms with van der Waals surface area (Å²) in [7, 11) is 0. The number of anilines is 1. The zero-order valence-electron chi connectivity index (χ0n) is 13.9. The maximum absolute atomic E-state index is 11.9. The topological polar surface area (TPSA) is 70.6 Å². The molecule has 2 amide bonds. The summed E-state index contributed by atoms with van der Waals surface area (Å²) >= 11 is 0. The van der Waals surface area contributed by atoms with Crippen molar-refractivity contribution in [1.29, 1.82) is 0 Å². The van der Waals surface area contributed by atoms with Gasteiger partial charge in [-0.25, -0.2) is 5.43 Å². The van der Waals surface area contributed by atoms with E-state index in [1.165, 1.54) is 0 Å².